The van der Waals surface area contributed by atoms with E-state index in [1.54, 1.807) is 41.7 Å². The zero-order chi connectivity index (χ0) is 24.3. The summed E-state index contributed by atoms with van der Waals surface area (Å²) in [5, 5.41) is 0.604. The Morgan fingerprint density at radius 3 is 2.56 bits per heavy atom. The zero-order valence-corrected chi connectivity index (χ0v) is 21.2. The van der Waals surface area contributed by atoms with Crippen LogP contribution in [-0.4, -0.2) is 41.2 Å². The van der Waals surface area contributed by atoms with Gasteiger partial charge in [-0.05, 0) is 56.5 Å². The highest BCUT2D eigenvalue weighted by Crippen LogP contribution is 2.32. The minimum atomic E-state index is -3.56. The van der Waals surface area contributed by atoms with Crippen LogP contribution in [0.2, 0.25) is 0 Å². The molecule has 0 aliphatic heterocycles. The number of thiazole rings is 1. The van der Waals surface area contributed by atoms with Crippen LogP contribution in [-0.2, 0) is 21.2 Å². The van der Waals surface area contributed by atoms with E-state index in [-0.39, 0.29) is 23.0 Å². The van der Waals surface area contributed by atoms with Crippen LogP contribution in [0, 0.1) is 20.8 Å². The molecule has 1 amide bonds. The fourth-order valence-electron chi connectivity index (χ4n) is 3.86. The van der Waals surface area contributed by atoms with Gasteiger partial charge in [0, 0.05) is 31.9 Å². The Labute approximate surface area is 204 Å². The summed E-state index contributed by atoms with van der Waals surface area (Å²) in [5.41, 5.74) is 4.08. The fraction of sp³-hybridized carbons (Fsp3) is 0.320. The maximum Gasteiger partial charge on any atom is 0.229 e. The molecule has 0 saturated carbocycles. The molecule has 34 heavy (non-hydrogen) atoms. The molecule has 0 unspecified atom stereocenters. The molecule has 9 heteroatoms. The molecule has 7 nitrogen and oxygen atoms in total. The van der Waals surface area contributed by atoms with E-state index in [4.69, 9.17) is 4.98 Å². The van der Waals surface area contributed by atoms with Crippen molar-refractivity contribution in [3.63, 3.8) is 0 Å². The van der Waals surface area contributed by atoms with E-state index in [2.05, 4.69) is 11.1 Å². The van der Waals surface area contributed by atoms with Gasteiger partial charge in [0.15, 0.2) is 15.0 Å². The number of nitrogens with zero attached hydrogens (tertiary/aromatic N) is 4. The zero-order valence-electron chi connectivity index (χ0n) is 19.6. The molecular formula is C25H28N4O3S2. The summed E-state index contributed by atoms with van der Waals surface area (Å²) in [6.45, 7) is 7.11. The lowest BCUT2D eigenvalue weighted by molar-refractivity contribution is -0.118. The van der Waals surface area contributed by atoms with Gasteiger partial charge in [0.2, 0.25) is 5.91 Å². The van der Waals surface area contributed by atoms with E-state index >= 15 is 0 Å². The van der Waals surface area contributed by atoms with E-state index in [0.717, 1.165) is 26.9 Å². The van der Waals surface area contributed by atoms with Gasteiger partial charge in [0.05, 0.1) is 27.2 Å². The van der Waals surface area contributed by atoms with Crippen molar-refractivity contribution in [2.24, 2.45) is 0 Å². The van der Waals surface area contributed by atoms with Crippen molar-refractivity contribution in [3.8, 4) is 0 Å². The molecule has 178 valence electrons. The summed E-state index contributed by atoms with van der Waals surface area (Å²) < 4.78 is 28.6. The molecular weight excluding hydrogens is 468 g/mol. The molecule has 0 aliphatic rings. The topological polar surface area (TPSA) is 85.2 Å². The molecule has 0 bridgehead atoms. The van der Waals surface area contributed by atoms with Crippen LogP contribution in [0.15, 0.2) is 60.0 Å². The summed E-state index contributed by atoms with van der Waals surface area (Å²) in [5.74, 6) is -0.481. The Kier molecular flexibility index (Phi) is 7.13. The second-order valence-electron chi connectivity index (χ2n) is 8.51. The number of imidazole rings is 1. The second-order valence-corrected chi connectivity index (χ2v) is 11.6. The second kappa shape index (κ2) is 10.1. The van der Waals surface area contributed by atoms with Crippen molar-refractivity contribution < 1.29 is 13.2 Å². The molecule has 0 N–H and O–H groups in total. The number of amides is 1. The quantitative estimate of drug-likeness (QED) is 0.335. The number of aromatic nitrogens is 3. The van der Waals surface area contributed by atoms with Crippen molar-refractivity contribution >= 4 is 42.4 Å². The molecule has 4 rings (SSSR count). The molecule has 0 aliphatic carbocycles. The Morgan fingerprint density at radius 1 is 1.09 bits per heavy atom. The first-order valence-corrected chi connectivity index (χ1v) is 13.6. The first-order valence-electron chi connectivity index (χ1n) is 11.2. The van der Waals surface area contributed by atoms with Gasteiger partial charge in [-0.15, -0.1) is 0 Å². The SMILES string of the molecule is Cc1ccc(S(=O)(=O)CCC(=O)N(CCCn2ccnc2)c2nc3cc(C)cc(C)c3s2)cc1. The van der Waals surface area contributed by atoms with Crippen LogP contribution < -0.4 is 4.90 Å². The summed E-state index contributed by atoms with van der Waals surface area (Å²) in [6, 6.07) is 10.8. The highest BCUT2D eigenvalue weighted by Gasteiger charge is 2.23. The van der Waals surface area contributed by atoms with Gasteiger partial charge in [0.1, 0.15) is 0 Å². The van der Waals surface area contributed by atoms with Gasteiger partial charge in [-0.1, -0.05) is 35.1 Å². The largest absolute Gasteiger partial charge is 0.337 e. The smallest absolute Gasteiger partial charge is 0.229 e. The number of carbonyl (C=O) groups excluding carboxylic acids is 1. The minimum Gasteiger partial charge on any atom is -0.337 e. The van der Waals surface area contributed by atoms with Crippen LogP contribution in [0.3, 0.4) is 0 Å². The molecule has 0 saturated heterocycles. The van der Waals surface area contributed by atoms with E-state index < -0.39 is 9.84 Å². The van der Waals surface area contributed by atoms with Gasteiger partial charge in [0.25, 0.3) is 0 Å². The summed E-state index contributed by atoms with van der Waals surface area (Å²) in [6.07, 6.45) is 5.93. The average molecular weight is 497 g/mol. The van der Waals surface area contributed by atoms with Gasteiger partial charge >= 0.3 is 0 Å². The van der Waals surface area contributed by atoms with Gasteiger partial charge in [-0.25, -0.2) is 18.4 Å². The van der Waals surface area contributed by atoms with Crippen LogP contribution in [0.25, 0.3) is 10.2 Å². The number of rotatable bonds is 9. The number of hydrogen-bond donors (Lipinski definition) is 0. The highest BCUT2D eigenvalue weighted by molar-refractivity contribution is 7.91. The Morgan fingerprint density at radius 2 is 1.85 bits per heavy atom. The van der Waals surface area contributed by atoms with Gasteiger partial charge in [-0.2, -0.15) is 0 Å². The minimum absolute atomic E-state index is 0.102. The highest BCUT2D eigenvalue weighted by atomic mass is 32.2. The normalized spacial score (nSPS) is 11.7. The molecule has 2 aromatic heterocycles. The van der Waals surface area contributed by atoms with E-state index in [1.807, 2.05) is 37.6 Å². The molecule has 0 radical (unpaired) electrons. The third-order valence-corrected chi connectivity index (χ3v) is 8.62. The lowest BCUT2D eigenvalue weighted by Crippen LogP contribution is -2.33. The molecule has 0 spiro atoms. The van der Waals surface area contributed by atoms with Crippen LogP contribution >= 0.6 is 11.3 Å². The summed E-state index contributed by atoms with van der Waals surface area (Å²) in [4.78, 5) is 24.0. The molecule has 2 heterocycles. The van der Waals surface area contributed by atoms with E-state index in [9.17, 15) is 13.2 Å². The Hall–Kier alpha value is -3.04. The maximum atomic E-state index is 13.3. The van der Waals surface area contributed by atoms with Gasteiger partial charge < -0.3 is 4.57 Å². The van der Waals surface area contributed by atoms with Crippen molar-refractivity contribution in [1.29, 1.82) is 0 Å². The van der Waals surface area contributed by atoms with Crippen molar-refractivity contribution in [1.82, 2.24) is 14.5 Å². The first-order chi connectivity index (χ1) is 16.2. The molecule has 0 atom stereocenters. The number of aryl methyl sites for hydroxylation is 4. The van der Waals surface area contributed by atoms with E-state index in [1.165, 1.54) is 11.3 Å². The van der Waals surface area contributed by atoms with Gasteiger partial charge in [-0.3, -0.25) is 9.69 Å². The van der Waals surface area contributed by atoms with Crippen LogP contribution in [0.5, 0.6) is 0 Å². The van der Waals surface area contributed by atoms with Crippen molar-refractivity contribution in [2.75, 3.05) is 17.2 Å². The Balaban J connectivity index is 1.55. The number of benzene rings is 2. The third kappa shape index (κ3) is 5.53. The average Bonchev–Trinajstić information content (AvgIpc) is 3.45. The predicted octanol–water partition coefficient (Wildman–Crippen LogP) is 4.71. The Bertz CT molecular complexity index is 1390. The molecule has 0 fully saturated rings. The first kappa shape index (κ1) is 24.1. The number of hydrogen-bond acceptors (Lipinski definition) is 6. The number of carbonyl (C=O) groups is 1. The maximum absolute atomic E-state index is 13.3. The molecule has 4 aromatic rings. The molecule has 2 aromatic carbocycles. The predicted molar refractivity (Wildman–Crippen MR) is 136 cm³/mol. The van der Waals surface area contributed by atoms with Crippen LogP contribution in [0.4, 0.5) is 5.13 Å². The fourth-order valence-corrected chi connectivity index (χ4v) is 6.15. The number of sulfone groups is 1. The van der Waals surface area contributed by atoms with Crippen LogP contribution in [0.1, 0.15) is 29.5 Å². The van der Waals surface area contributed by atoms with Crippen molar-refractivity contribution in [2.45, 2.75) is 45.1 Å². The van der Waals surface area contributed by atoms with Crippen molar-refractivity contribution in [3.05, 3.63) is 71.8 Å². The summed E-state index contributed by atoms with van der Waals surface area (Å²) >= 11 is 1.47. The van der Waals surface area contributed by atoms with E-state index in [0.29, 0.717) is 24.6 Å². The monoisotopic (exact) mass is 496 g/mol. The third-order valence-electron chi connectivity index (χ3n) is 5.66. The standard InChI is InChI=1S/C25H28N4O3S2/c1-18-5-7-21(8-6-18)34(31,32)14-9-23(30)29(12-4-11-28-13-10-26-17-28)25-27-22-16-19(2)15-20(3)24(22)33-25/h5-8,10,13,15-17H,4,9,11-12,14H2,1-3H3. The lowest BCUT2D eigenvalue weighted by Gasteiger charge is -2.20. The summed E-state index contributed by atoms with van der Waals surface area (Å²) in [7, 11) is -3.56. The number of fused-ring (bicyclic) bond motifs is 1. The lowest BCUT2D eigenvalue weighted by atomic mass is 10.1. The number of anilines is 1.